The summed E-state index contributed by atoms with van der Waals surface area (Å²) in [6, 6.07) is 6.37. The number of anilines is 1. The lowest BCUT2D eigenvalue weighted by atomic mass is 10.3. The molecule has 21 heavy (non-hydrogen) atoms. The molecule has 0 aliphatic rings. The quantitative estimate of drug-likeness (QED) is 0.846. The van der Waals surface area contributed by atoms with Crippen LogP contribution in [0.25, 0.3) is 0 Å². The molecule has 4 nitrogen and oxygen atoms in total. The van der Waals surface area contributed by atoms with E-state index in [1.165, 1.54) is 30.5 Å². The predicted octanol–water partition coefficient (Wildman–Crippen LogP) is 3.87. The predicted molar refractivity (Wildman–Crippen MR) is 77.7 cm³/mol. The highest BCUT2D eigenvalue weighted by Gasteiger charge is 2.13. The van der Waals surface area contributed by atoms with Gasteiger partial charge in [0.2, 0.25) is 5.91 Å². The topological polar surface area (TPSA) is 51.2 Å². The summed E-state index contributed by atoms with van der Waals surface area (Å²) in [6.45, 7) is 1.61. The largest absolute Gasteiger partial charge is 0.456 e. The first-order chi connectivity index (χ1) is 9.95. The molecule has 1 amide bonds. The smallest absolute Gasteiger partial charge is 0.239 e. The van der Waals surface area contributed by atoms with Crippen LogP contribution in [0.4, 0.5) is 14.6 Å². The maximum atomic E-state index is 13.8. The first-order valence-corrected chi connectivity index (χ1v) is 6.91. The van der Waals surface area contributed by atoms with E-state index in [0.29, 0.717) is 5.75 Å². The maximum absolute atomic E-state index is 13.8. The summed E-state index contributed by atoms with van der Waals surface area (Å²) in [4.78, 5) is 14.8. The van der Waals surface area contributed by atoms with Gasteiger partial charge in [-0.15, -0.1) is 0 Å². The summed E-state index contributed by atoms with van der Waals surface area (Å²) in [7, 11) is 0. The Hall–Kier alpha value is -2.02. The molecule has 1 aromatic heterocycles. The molecule has 1 N–H and O–H groups in total. The number of amides is 1. The van der Waals surface area contributed by atoms with Gasteiger partial charge in [0.25, 0.3) is 0 Å². The number of carbonyl (C=O) groups is 1. The molecular formula is C14H11BrF2N2O2. The van der Waals surface area contributed by atoms with Gasteiger partial charge in [0.15, 0.2) is 11.6 Å². The third-order valence-corrected chi connectivity index (χ3v) is 2.88. The van der Waals surface area contributed by atoms with Crippen LogP contribution in [0, 0.1) is 11.6 Å². The number of alkyl halides is 1. The fourth-order valence-corrected chi connectivity index (χ4v) is 1.54. The molecule has 1 unspecified atom stereocenters. The van der Waals surface area contributed by atoms with Crippen molar-refractivity contribution in [3.63, 3.8) is 0 Å². The van der Waals surface area contributed by atoms with Gasteiger partial charge < -0.3 is 10.1 Å². The van der Waals surface area contributed by atoms with E-state index >= 15 is 0 Å². The minimum Gasteiger partial charge on any atom is -0.456 e. The summed E-state index contributed by atoms with van der Waals surface area (Å²) in [5.41, 5.74) is 0. The number of hydrogen-bond acceptors (Lipinski definition) is 3. The Labute approximate surface area is 128 Å². The fourth-order valence-electron chi connectivity index (χ4n) is 1.42. The number of nitrogens with one attached hydrogen (secondary N) is 1. The molecule has 0 fully saturated rings. The molecule has 0 radical (unpaired) electrons. The van der Waals surface area contributed by atoms with E-state index in [0.717, 1.165) is 6.07 Å². The van der Waals surface area contributed by atoms with Crippen molar-refractivity contribution in [3.05, 3.63) is 48.2 Å². The normalized spacial score (nSPS) is 11.8. The maximum Gasteiger partial charge on any atom is 0.239 e. The van der Waals surface area contributed by atoms with Crippen LogP contribution in [0.2, 0.25) is 0 Å². The van der Waals surface area contributed by atoms with E-state index in [1.54, 1.807) is 6.92 Å². The highest BCUT2D eigenvalue weighted by atomic mass is 79.9. The fraction of sp³-hybridized carbons (Fsp3) is 0.143. The van der Waals surface area contributed by atoms with Crippen molar-refractivity contribution in [1.82, 2.24) is 4.98 Å². The zero-order chi connectivity index (χ0) is 15.4. The van der Waals surface area contributed by atoms with Gasteiger partial charge in [-0.05, 0) is 31.2 Å². The zero-order valence-electron chi connectivity index (χ0n) is 10.9. The lowest BCUT2D eigenvalue weighted by molar-refractivity contribution is -0.115. The number of benzene rings is 1. The number of aromatic nitrogens is 1. The van der Waals surface area contributed by atoms with Gasteiger partial charge >= 0.3 is 0 Å². The van der Waals surface area contributed by atoms with Crippen LogP contribution < -0.4 is 10.1 Å². The SMILES string of the molecule is CC(Br)C(=O)Nc1ncc(Oc2ccc(F)cc2)cc1F. The molecule has 0 aliphatic heterocycles. The lowest BCUT2D eigenvalue weighted by Gasteiger charge is -2.09. The number of pyridine rings is 1. The Morgan fingerprint density at radius 1 is 1.29 bits per heavy atom. The molecular weight excluding hydrogens is 346 g/mol. The summed E-state index contributed by atoms with van der Waals surface area (Å²) >= 11 is 3.07. The van der Waals surface area contributed by atoms with Crippen molar-refractivity contribution in [2.45, 2.75) is 11.8 Å². The van der Waals surface area contributed by atoms with Crippen LogP contribution in [0.5, 0.6) is 11.5 Å². The van der Waals surface area contributed by atoms with Crippen LogP contribution in [0.3, 0.4) is 0 Å². The number of hydrogen-bond donors (Lipinski definition) is 1. The number of ether oxygens (including phenoxy) is 1. The average molecular weight is 357 g/mol. The molecule has 110 valence electrons. The second-order valence-electron chi connectivity index (χ2n) is 4.16. The first kappa shape index (κ1) is 15.4. The summed E-state index contributed by atoms with van der Waals surface area (Å²) in [5, 5.41) is 2.33. The van der Waals surface area contributed by atoms with Crippen molar-refractivity contribution in [1.29, 1.82) is 0 Å². The lowest BCUT2D eigenvalue weighted by Crippen LogP contribution is -2.21. The Balaban J connectivity index is 2.11. The van der Waals surface area contributed by atoms with Crippen molar-refractivity contribution in [3.8, 4) is 11.5 Å². The van der Waals surface area contributed by atoms with Crippen molar-refractivity contribution < 1.29 is 18.3 Å². The van der Waals surface area contributed by atoms with Gasteiger partial charge in [0.1, 0.15) is 17.3 Å². The molecule has 0 saturated carbocycles. The molecule has 2 rings (SSSR count). The van der Waals surface area contributed by atoms with Gasteiger partial charge in [-0.2, -0.15) is 0 Å². The number of nitrogens with zero attached hydrogens (tertiary/aromatic N) is 1. The van der Waals surface area contributed by atoms with Crippen LogP contribution in [-0.4, -0.2) is 15.7 Å². The molecule has 1 heterocycles. The van der Waals surface area contributed by atoms with E-state index in [9.17, 15) is 13.6 Å². The van der Waals surface area contributed by atoms with E-state index in [2.05, 4.69) is 26.2 Å². The molecule has 7 heteroatoms. The second-order valence-corrected chi connectivity index (χ2v) is 5.54. The van der Waals surface area contributed by atoms with E-state index in [4.69, 9.17) is 4.74 Å². The van der Waals surface area contributed by atoms with Gasteiger partial charge in [0.05, 0.1) is 11.0 Å². The molecule has 0 saturated heterocycles. The third kappa shape index (κ3) is 4.22. The average Bonchev–Trinajstić information content (AvgIpc) is 2.44. The van der Waals surface area contributed by atoms with Crippen molar-refractivity contribution in [2.75, 3.05) is 5.32 Å². The third-order valence-electron chi connectivity index (χ3n) is 2.47. The summed E-state index contributed by atoms with van der Waals surface area (Å²) < 4.78 is 31.9. The van der Waals surface area contributed by atoms with Crippen LogP contribution >= 0.6 is 15.9 Å². The van der Waals surface area contributed by atoms with Crippen molar-refractivity contribution in [2.24, 2.45) is 0 Å². The standard InChI is InChI=1S/C14H11BrF2N2O2/c1-8(15)14(20)19-13-12(17)6-11(7-18-13)21-10-4-2-9(16)3-5-10/h2-8H,1H3,(H,18,19,20). The first-order valence-electron chi connectivity index (χ1n) is 5.99. The molecule has 2 aromatic rings. The van der Waals surface area contributed by atoms with Gasteiger partial charge in [-0.25, -0.2) is 13.8 Å². The molecule has 0 spiro atoms. The van der Waals surface area contributed by atoms with Crippen LogP contribution in [0.15, 0.2) is 36.5 Å². The van der Waals surface area contributed by atoms with Gasteiger partial charge in [0, 0.05) is 6.07 Å². The van der Waals surface area contributed by atoms with E-state index < -0.39 is 22.4 Å². The van der Waals surface area contributed by atoms with Crippen LogP contribution in [-0.2, 0) is 4.79 Å². The van der Waals surface area contributed by atoms with Crippen molar-refractivity contribution >= 4 is 27.7 Å². The highest BCUT2D eigenvalue weighted by Crippen LogP contribution is 2.24. The minimum absolute atomic E-state index is 0.143. The van der Waals surface area contributed by atoms with E-state index in [1.807, 2.05) is 0 Å². The van der Waals surface area contributed by atoms with E-state index in [-0.39, 0.29) is 11.6 Å². The zero-order valence-corrected chi connectivity index (χ0v) is 12.5. The Morgan fingerprint density at radius 3 is 2.52 bits per heavy atom. The minimum atomic E-state index is -0.726. The Morgan fingerprint density at radius 2 is 1.95 bits per heavy atom. The molecule has 1 atom stereocenters. The number of halogens is 3. The Kier molecular flexibility index (Phi) is 4.85. The second kappa shape index (κ2) is 6.62. The summed E-state index contributed by atoms with van der Waals surface area (Å²) in [6.07, 6.45) is 1.26. The van der Waals surface area contributed by atoms with Gasteiger partial charge in [-0.3, -0.25) is 4.79 Å². The molecule has 0 bridgehead atoms. The van der Waals surface area contributed by atoms with Gasteiger partial charge in [-0.1, -0.05) is 15.9 Å². The molecule has 1 aromatic carbocycles. The Bertz CT molecular complexity index is 648. The molecule has 0 aliphatic carbocycles. The van der Waals surface area contributed by atoms with Crippen LogP contribution in [0.1, 0.15) is 6.92 Å². The summed E-state index contributed by atoms with van der Waals surface area (Å²) in [5.74, 6) is -1.22. The highest BCUT2D eigenvalue weighted by molar-refractivity contribution is 9.10. The monoisotopic (exact) mass is 356 g/mol. The number of carbonyl (C=O) groups excluding carboxylic acids is 1. The number of rotatable bonds is 4.